The Morgan fingerprint density at radius 3 is 2.44 bits per heavy atom. The van der Waals surface area contributed by atoms with Crippen molar-refractivity contribution in [1.29, 1.82) is 0 Å². The zero-order chi connectivity index (χ0) is 13.7. The Balaban J connectivity index is 2.67. The summed E-state index contributed by atoms with van der Waals surface area (Å²) in [4.78, 5) is 25.0. The zero-order valence-corrected chi connectivity index (χ0v) is 11.7. The van der Waals surface area contributed by atoms with Gasteiger partial charge in [-0.1, -0.05) is 33.6 Å². The van der Waals surface area contributed by atoms with E-state index in [9.17, 15) is 14.7 Å². The van der Waals surface area contributed by atoms with Crippen molar-refractivity contribution in [2.75, 3.05) is 6.54 Å². The van der Waals surface area contributed by atoms with Crippen LogP contribution in [0.3, 0.4) is 0 Å². The molecule has 104 valence electrons. The highest BCUT2D eigenvalue weighted by Crippen LogP contribution is 2.25. The molecule has 0 aromatic rings. The molecule has 1 heterocycles. The molecule has 1 aliphatic heterocycles. The van der Waals surface area contributed by atoms with Gasteiger partial charge in [0.1, 0.15) is 6.04 Å². The first-order valence-corrected chi connectivity index (χ1v) is 7.01. The molecule has 2 unspecified atom stereocenters. The third-order valence-corrected chi connectivity index (χ3v) is 4.09. The molecule has 18 heavy (non-hydrogen) atoms. The molecular weight excluding hydrogens is 230 g/mol. The van der Waals surface area contributed by atoms with E-state index in [-0.39, 0.29) is 5.91 Å². The van der Waals surface area contributed by atoms with Gasteiger partial charge in [0.15, 0.2) is 0 Å². The third-order valence-electron chi connectivity index (χ3n) is 4.09. The van der Waals surface area contributed by atoms with Gasteiger partial charge < -0.3 is 10.0 Å². The summed E-state index contributed by atoms with van der Waals surface area (Å²) in [6.07, 6.45) is 3.95. The van der Waals surface area contributed by atoms with Crippen LogP contribution in [-0.2, 0) is 9.59 Å². The molecule has 0 saturated carbocycles. The molecule has 0 radical (unpaired) electrons. The summed E-state index contributed by atoms with van der Waals surface area (Å²) in [6.45, 7) is 6.80. The van der Waals surface area contributed by atoms with E-state index in [0.29, 0.717) is 31.2 Å². The van der Waals surface area contributed by atoms with Gasteiger partial charge in [-0.05, 0) is 24.7 Å². The van der Waals surface area contributed by atoms with Crippen LogP contribution in [0.1, 0.15) is 52.9 Å². The number of carbonyl (C=O) groups is 2. The van der Waals surface area contributed by atoms with Crippen LogP contribution >= 0.6 is 0 Å². The molecule has 0 aromatic heterocycles. The van der Waals surface area contributed by atoms with E-state index in [4.69, 9.17) is 0 Å². The van der Waals surface area contributed by atoms with Crippen LogP contribution in [0, 0.1) is 11.8 Å². The molecule has 0 spiro atoms. The highest BCUT2D eigenvalue weighted by molar-refractivity contribution is 5.84. The van der Waals surface area contributed by atoms with Crippen molar-refractivity contribution in [2.45, 2.75) is 58.9 Å². The van der Waals surface area contributed by atoms with Gasteiger partial charge in [0.25, 0.3) is 0 Å². The van der Waals surface area contributed by atoms with Crippen molar-refractivity contribution >= 4 is 11.9 Å². The number of carboxylic acid groups (broad SMARTS) is 1. The first kappa shape index (κ1) is 15.0. The Morgan fingerprint density at radius 1 is 1.33 bits per heavy atom. The summed E-state index contributed by atoms with van der Waals surface area (Å²) in [5, 5.41) is 9.23. The third kappa shape index (κ3) is 3.72. The number of piperidine rings is 1. The molecule has 1 saturated heterocycles. The van der Waals surface area contributed by atoms with Crippen molar-refractivity contribution in [3.05, 3.63) is 0 Å². The number of nitrogens with zero attached hydrogens (tertiary/aromatic N) is 1. The van der Waals surface area contributed by atoms with Gasteiger partial charge in [0, 0.05) is 13.0 Å². The minimum Gasteiger partial charge on any atom is -0.480 e. The van der Waals surface area contributed by atoms with Gasteiger partial charge >= 0.3 is 5.97 Å². The predicted octanol–water partition coefficient (Wildman–Crippen LogP) is 2.52. The van der Waals surface area contributed by atoms with Gasteiger partial charge in [-0.2, -0.15) is 0 Å². The SMILES string of the molecule is CCC(CC)CC(=O)N1CCC(C)CC1C(=O)O. The van der Waals surface area contributed by atoms with Crippen LogP contribution in [0.4, 0.5) is 0 Å². The highest BCUT2D eigenvalue weighted by atomic mass is 16.4. The number of amides is 1. The summed E-state index contributed by atoms with van der Waals surface area (Å²) < 4.78 is 0. The topological polar surface area (TPSA) is 57.6 Å². The van der Waals surface area contributed by atoms with E-state index in [1.807, 2.05) is 0 Å². The molecule has 0 aliphatic carbocycles. The monoisotopic (exact) mass is 255 g/mol. The normalized spacial score (nSPS) is 24.3. The largest absolute Gasteiger partial charge is 0.480 e. The van der Waals surface area contributed by atoms with Crippen molar-refractivity contribution in [2.24, 2.45) is 11.8 Å². The lowest BCUT2D eigenvalue weighted by Gasteiger charge is -2.36. The first-order valence-electron chi connectivity index (χ1n) is 7.01. The Bertz CT molecular complexity index is 299. The van der Waals surface area contributed by atoms with E-state index in [2.05, 4.69) is 20.8 Å². The van der Waals surface area contributed by atoms with Gasteiger partial charge in [-0.15, -0.1) is 0 Å². The maximum absolute atomic E-state index is 12.2. The van der Waals surface area contributed by atoms with Crippen molar-refractivity contribution < 1.29 is 14.7 Å². The lowest BCUT2D eigenvalue weighted by atomic mass is 9.91. The Kier molecular flexibility index (Phi) is 5.63. The molecule has 4 heteroatoms. The molecule has 1 amide bonds. The quantitative estimate of drug-likeness (QED) is 0.821. The van der Waals surface area contributed by atoms with E-state index < -0.39 is 12.0 Å². The second-order valence-electron chi connectivity index (χ2n) is 5.46. The smallest absolute Gasteiger partial charge is 0.326 e. The number of hydrogen-bond acceptors (Lipinski definition) is 2. The molecule has 2 atom stereocenters. The molecule has 4 nitrogen and oxygen atoms in total. The van der Waals surface area contributed by atoms with Crippen LogP contribution in [-0.4, -0.2) is 34.5 Å². The molecule has 1 aliphatic rings. The maximum atomic E-state index is 12.2. The summed E-state index contributed by atoms with van der Waals surface area (Å²) >= 11 is 0. The number of carboxylic acids is 1. The van der Waals surface area contributed by atoms with Crippen LogP contribution in [0.2, 0.25) is 0 Å². The average molecular weight is 255 g/mol. The van der Waals surface area contributed by atoms with Crippen LogP contribution in [0.5, 0.6) is 0 Å². The number of hydrogen-bond donors (Lipinski definition) is 1. The summed E-state index contributed by atoms with van der Waals surface area (Å²) in [5.74, 6) is -0.0722. The minimum absolute atomic E-state index is 0.0167. The van der Waals surface area contributed by atoms with E-state index >= 15 is 0 Å². The fourth-order valence-corrected chi connectivity index (χ4v) is 2.62. The van der Waals surface area contributed by atoms with Crippen molar-refractivity contribution in [3.63, 3.8) is 0 Å². The van der Waals surface area contributed by atoms with Crippen LogP contribution in [0.15, 0.2) is 0 Å². The predicted molar refractivity (Wildman–Crippen MR) is 70.2 cm³/mol. The Hall–Kier alpha value is -1.06. The Morgan fingerprint density at radius 2 is 1.94 bits per heavy atom. The summed E-state index contributed by atoms with van der Waals surface area (Å²) in [5.41, 5.74) is 0. The fraction of sp³-hybridized carbons (Fsp3) is 0.857. The second kappa shape index (κ2) is 6.76. The van der Waals surface area contributed by atoms with E-state index in [0.717, 1.165) is 19.3 Å². The van der Waals surface area contributed by atoms with E-state index in [1.165, 1.54) is 0 Å². The maximum Gasteiger partial charge on any atom is 0.326 e. The number of likely N-dealkylation sites (tertiary alicyclic amines) is 1. The number of rotatable bonds is 5. The molecule has 1 rings (SSSR count). The van der Waals surface area contributed by atoms with Crippen LogP contribution < -0.4 is 0 Å². The highest BCUT2D eigenvalue weighted by Gasteiger charge is 2.34. The average Bonchev–Trinajstić information content (AvgIpc) is 2.35. The molecular formula is C14H25NO3. The zero-order valence-electron chi connectivity index (χ0n) is 11.7. The van der Waals surface area contributed by atoms with E-state index in [1.54, 1.807) is 4.90 Å². The lowest BCUT2D eigenvalue weighted by Crippen LogP contribution is -2.50. The molecule has 0 aromatic carbocycles. The van der Waals surface area contributed by atoms with Gasteiger partial charge in [-0.3, -0.25) is 4.79 Å². The molecule has 1 fully saturated rings. The summed E-state index contributed by atoms with van der Waals surface area (Å²) in [7, 11) is 0. The van der Waals surface area contributed by atoms with Crippen LogP contribution in [0.25, 0.3) is 0 Å². The molecule has 0 bridgehead atoms. The number of carbonyl (C=O) groups excluding carboxylic acids is 1. The first-order chi connectivity index (χ1) is 8.49. The van der Waals surface area contributed by atoms with Crippen molar-refractivity contribution in [3.8, 4) is 0 Å². The van der Waals surface area contributed by atoms with Gasteiger partial charge in [0.2, 0.25) is 5.91 Å². The standard InChI is InChI=1S/C14H25NO3/c1-4-11(5-2)9-13(16)15-7-6-10(3)8-12(15)14(17)18/h10-12H,4-9H2,1-3H3,(H,17,18). The lowest BCUT2D eigenvalue weighted by molar-refractivity contribution is -0.153. The number of aliphatic carboxylic acids is 1. The second-order valence-corrected chi connectivity index (χ2v) is 5.46. The fourth-order valence-electron chi connectivity index (χ4n) is 2.62. The van der Waals surface area contributed by atoms with Gasteiger partial charge in [-0.25, -0.2) is 4.79 Å². The summed E-state index contributed by atoms with van der Waals surface area (Å²) in [6, 6.07) is -0.615. The molecule has 1 N–H and O–H groups in total. The minimum atomic E-state index is -0.862. The van der Waals surface area contributed by atoms with Crippen molar-refractivity contribution in [1.82, 2.24) is 4.90 Å². The van der Waals surface area contributed by atoms with Gasteiger partial charge in [0.05, 0.1) is 0 Å². The Labute approximate surface area is 109 Å².